The zero-order valence-corrected chi connectivity index (χ0v) is 6.17. The van der Waals surface area contributed by atoms with Crippen LogP contribution >= 0.6 is 0 Å². The van der Waals surface area contributed by atoms with E-state index in [4.69, 9.17) is 6.42 Å². The predicted octanol–water partition coefficient (Wildman–Crippen LogP) is 0.159. The lowest BCUT2D eigenvalue weighted by molar-refractivity contribution is -0.147. The van der Waals surface area contributed by atoms with Gasteiger partial charge in [-0.3, -0.25) is 14.5 Å². The van der Waals surface area contributed by atoms with E-state index in [1.807, 2.05) is 0 Å². The highest BCUT2D eigenvalue weighted by atomic mass is 16.2. The number of hydrogen-bond donors (Lipinski definition) is 0. The molecule has 0 saturated carbocycles. The van der Waals surface area contributed by atoms with E-state index in [9.17, 15) is 9.59 Å². The molecule has 3 nitrogen and oxygen atoms in total. The highest BCUT2D eigenvalue weighted by Crippen LogP contribution is 2.10. The SMILES string of the molecule is C#CCN1C(=O)CCCC1=O. The molecule has 0 radical (unpaired) electrons. The molecule has 0 N–H and O–H groups in total. The maximum atomic E-state index is 11.0. The predicted molar refractivity (Wildman–Crippen MR) is 39.4 cm³/mol. The average Bonchev–Trinajstić information content (AvgIpc) is 1.97. The highest BCUT2D eigenvalue weighted by Gasteiger charge is 2.24. The van der Waals surface area contributed by atoms with Gasteiger partial charge in [0.2, 0.25) is 11.8 Å². The van der Waals surface area contributed by atoms with Crippen LogP contribution in [0.5, 0.6) is 0 Å². The summed E-state index contributed by atoms with van der Waals surface area (Å²) >= 11 is 0. The number of nitrogens with zero attached hydrogens (tertiary/aromatic N) is 1. The standard InChI is InChI=1S/C8H9NO2/c1-2-6-9-7(10)4-3-5-8(9)11/h1H,3-6H2. The fraction of sp³-hybridized carbons (Fsp3) is 0.500. The summed E-state index contributed by atoms with van der Waals surface area (Å²) in [6.07, 6.45) is 6.56. The van der Waals surface area contributed by atoms with Gasteiger partial charge in [0, 0.05) is 12.8 Å². The van der Waals surface area contributed by atoms with Gasteiger partial charge in [-0.15, -0.1) is 6.42 Å². The van der Waals surface area contributed by atoms with Crippen LogP contribution in [0.3, 0.4) is 0 Å². The minimum Gasteiger partial charge on any atom is -0.274 e. The Morgan fingerprint density at radius 1 is 1.36 bits per heavy atom. The van der Waals surface area contributed by atoms with Crippen molar-refractivity contribution in [2.45, 2.75) is 19.3 Å². The lowest BCUT2D eigenvalue weighted by atomic mass is 10.1. The van der Waals surface area contributed by atoms with Gasteiger partial charge in [-0.2, -0.15) is 0 Å². The summed E-state index contributed by atoms with van der Waals surface area (Å²) < 4.78 is 0. The quantitative estimate of drug-likeness (QED) is 0.395. The summed E-state index contributed by atoms with van der Waals surface area (Å²) in [6.45, 7) is 0.123. The Kier molecular flexibility index (Phi) is 2.27. The van der Waals surface area contributed by atoms with E-state index in [2.05, 4.69) is 5.92 Å². The van der Waals surface area contributed by atoms with Crippen LogP contribution in [0.2, 0.25) is 0 Å². The van der Waals surface area contributed by atoms with E-state index in [-0.39, 0.29) is 18.4 Å². The maximum Gasteiger partial charge on any atom is 0.230 e. The Balaban J connectivity index is 2.64. The molecule has 0 aromatic heterocycles. The zero-order valence-electron chi connectivity index (χ0n) is 6.17. The molecule has 0 spiro atoms. The largest absolute Gasteiger partial charge is 0.274 e. The average molecular weight is 151 g/mol. The number of terminal acetylenes is 1. The van der Waals surface area contributed by atoms with E-state index in [1.165, 1.54) is 0 Å². The molecule has 1 rings (SSSR count). The molecule has 1 aliphatic rings. The van der Waals surface area contributed by atoms with Gasteiger partial charge in [0.05, 0.1) is 6.54 Å². The fourth-order valence-corrected chi connectivity index (χ4v) is 1.07. The lowest BCUT2D eigenvalue weighted by Crippen LogP contribution is -2.40. The molecule has 0 aromatic carbocycles. The van der Waals surface area contributed by atoms with E-state index >= 15 is 0 Å². The van der Waals surface area contributed by atoms with Crippen LogP contribution in [-0.2, 0) is 9.59 Å². The molecular weight excluding hydrogens is 142 g/mol. The Labute approximate surface area is 65.4 Å². The van der Waals surface area contributed by atoms with Gasteiger partial charge in [0.25, 0.3) is 0 Å². The third-order valence-corrected chi connectivity index (χ3v) is 1.63. The van der Waals surface area contributed by atoms with Crippen LogP contribution < -0.4 is 0 Å². The van der Waals surface area contributed by atoms with Gasteiger partial charge in [0.1, 0.15) is 0 Å². The number of carbonyl (C=O) groups is 2. The molecule has 0 unspecified atom stereocenters. The molecule has 1 fully saturated rings. The molecule has 11 heavy (non-hydrogen) atoms. The molecule has 0 aliphatic carbocycles. The van der Waals surface area contributed by atoms with Crippen molar-refractivity contribution in [2.24, 2.45) is 0 Å². The number of likely N-dealkylation sites (tertiary alicyclic amines) is 1. The number of hydrogen-bond acceptors (Lipinski definition) is 2. The summed E-state index contributed by atoms with van der Waals surface area (Å²) in [5, 5.41) is 0. The first-order valence-corrected chi connectivity index (χ1v) is 3.52. The van der Waals surface area contributed by atoms with Gasteiger partial charge in [-0.1, -0.05) is 5.92 Å². The summed E-state index contributed by atoms with van der Waals surface area (Å²) in [5.74, 6) is 2.00. The minimum absolute atomic E-state index is 0.123. The van der Waals surface area contributed by atoms with Crippen LogP contribution in [0.15, 0.2) is 0 Å². The van der Waals surface area contributed by atoms with Crippen molar-refractivity contribution in [2.75, 3.05) is 6.54 Å². The van der Waals surface area contributed by atoms with Crippen molar-refractivity contribution in [3.63, 3.8) is 0 Å². The molecule has 0 aromatic rings. The van der Waals surface area contributed by atoms with Gasteiger partial charge in [-0.05, 0) is 6.42 Å². The second kappa shape index (κ2) is 3.20. The van der Waals surface area contributed by atoms with Crippen molar-refractivity contribution >= 4 is 11.8 Å². The van der Waals surface area contributed by atoms with Gasteiger partial charge < -0.3 is 0 Å². The molecular formula is C8H9NO2. The van der Waals surface area contributed by atoms with Gasteiger partial charge in [-0.25, -0.2) is 0 Å². The molecule has 0 atom stereocenters. The number of amides is 2. The van der Waals surface area contributed by atoms with Crippen LogP contribution in [0.1, 0.15) is 19.3 Å². The summed E-state index contributed by atoms with van der Waals surface area (Å²) in [7, 11) is 0. The summed E-state index contributed by atoms with van der Waals surface area (Å²) in [5.41, 5.74) is 0. The number of piperidine rings is 1. The second-order valence-corrected chi connectivity index (χ2v) is 2.43. The van der Waals surface area contributed by atoms with Crippen LogP contribution in [0.25, 0.3) is 0 Å². The molecule has 1 aliphatic heterocycles. The van der Waals surface area contributed by atoms with Crippen molar-refractivity contribution in [3.8, 4) is 12.3 Å². The normalized spacial score (nSPS) is 18.3. The summed E-state index contributed by atoms with van der Waals surface area (Å²) in [6, 6.07) is 0. The Bertz CT molecular complexity index is 211. The van der Waals surface area contributed by atoms with Crippen LogP contribution in [0.4, 0.5) is 0 Å². The van der Waals surface area contributed by atoms with E-state index in [0.717, 1.165) is 4.90 Å². The molecule has 3 heteroatoms. The lowest BCUT2D eigenvalue weighted by Gasteiger charge is -2.22. The van der Waals surface area contributed by atoms with Crippen LogP contribution in [0, 0.1) is 12.3 Å². The smallest absolute Gasteiger partial charge is 0.230 e. The summed E-state index contributed by atoms with van der Waals surface area (Å²) in [4.78, 5) is 23.2. The third-order valence-electron chi connectivity index (χ3n) is 1.63. The van der Waals surface area contributed by atoms with Crippen LogP contribution in [-0.4, -0.2) is 23.3 Å². The first kappa shape index (κ1) is 7.80. The first-order chi connectivity index (χ1) is 5.25. The molecule has 58 valence electrons. The third kappa shape index (κ3) is 1.58. The molecule has 0 bridgehead atoms. The number of imide groups is 1. The van der Waals surface area contributed by atoms with E-state index < -0.39 is 0 Å². The maximum absolute atomic E-state index is 11.0. The van der Waals surface area contributed by atoms with Crippen molar-refractivity contribution in [1.29, 1.82) is 0 Å². The highest BCUT2D eigenvalue weighted by molar-refractivity contribution is 5.97. The second-order valence-electron chi connectivity index (χ2n) is 2.43. The van der Waals surface area contributed by atoms with E-state index in [0.29, 0.717) is 19.3 Å². The minimum atomic E-state index is -0.140. The topological polar surface area (TPSA) is 37.4 Å². The Morgan fingerprint density at radius 3 is 2.36 bits per heavy atom. The fourth-order valence-electron chi connectivity index (χ4n) is 1.07. The molecule has 1 saturated heterocycles. The van der Waals surface area contributed by atoms with Crippen molar-refractivity contribution in [3.05, 3.63) is 0 Å². The Hall–Kier alpha value is -1.30. The van der Waals surface area contributed by atoms with Gasteiger partial charge >= 0.3 is 0 Å². The first-order valence-electron chi connectivity index (χ1n) is 3.52. The number of carbonyl (C=O) groups excluding carboxylic acids is 2. The molecule has 2 amide bonds. The molecule has 1 heterocycles. The van der Waals surface area contributed by atoms with Crippen molar-refractivity contribution in [1.82, 2.24) is 4.90 Å². The zero-order chi connectivity index (χ0) is 8.27. The Morgan fingerprint density at radius 2 is 1.91 bits per heavy atom. The monoisotopic (exact) mass is 151 g/mol. The van der Waals surface area contributed by atoms with Gasteiger partial charge in [0.15, 0.2) is 0 Å². The number of rotatable bonds is 1. The van der Waals surface area contributed by atoms with E-state index in [1.54, 1.807) is 0 Å². The van der Waals surface area contributed by atoms with Crippen molar-refractivity contribution < 1.29 is 9.59 Å².